The second-order valence-electron chi connectivity index (χ2n) is 5.20. The van der Waals surface area contributed by atoms with E-state index in [1.807, 2.05) is 62.4 Å². The maximum absolute atomic E-state index is 12.3. The number of benzene rings is 2. The quantitative estimate of drug-likeness (QED) is 0.765. The minimum Gasteiger partial charge on any atom is -0.321 e. The average molecular weight is 276 g/mol. The molecule has 1 amide bonds. The van der Waals surface area contributed by atoms with Gasteiger partial charge in [0.15, 0.2) is 0 Å². The molecule has 0 bridgehead atoms. The molecule has 0 aliphatic heterocycles. The van der Waals surface area contributed by atoms with Gasteiger partial charge in [-0.1, -0.05) is 29.3 Å². The molecule has 1 heterocycles. The Kier molecular flexibility index (Phi) is 3.40. The zero-order valence-electron chi connectivity index (χ0n) is 12.1. The Morgan fingerprint density at radius 1 is 0.952 bits per heavy atom. The molecule has 3 nitrogen and oxygen atoms in total. The maximum atomic E-state index is 12.3. The highest BCUT2D eigenvalue weighted by atomic mass is 16.1. The number of carbonyl (C=O) groups excluding carboxylic acids is 1. The number of rotatable bonds is 2. The van der Waals surface area contributed by atoms with Crippen LogP contribution in [0.1, 0.15) is 21.5 Å². The minimum atomic E-state index is -0.107. The fourth-order valence-electron chi connectivity index (χ4n) is 2.27. The van der Waals surface area contributed by atoms with E-state index in [9.17, 15) is 4.79 Å². The monoisotopic (exact) mass is 276 g/mol. The summed E-state index contributed by atoms with van der Waals surface area (Å²) in [5, 5.41) is 3.93. The number of hydrogen-bond donors (Lipinski definition) is 1. The van der Waals surface area contributed by atoms with Crippen LogP contribution in [0.5, 0.6) is 0 Å². The number of hydrogen-bond acceptors (Lipinski definition) is 2. The molecule has 1 N–H and O–H groups in total. The summed E-state index contributed by atoms with van der Waals surface area (Å²) in [6, 6.07) is 15.4. The van der Waals surface area contributed by atoms with Gasteiger partial charge in [-0.2, -0.15) is 0 Å². The number of fused-ring (bicyclic) bond motifs is 1. The Morgan fingerprint density at radius 3 is 2.43 bits per heavy atom. The summed E-state index contributed by atoms with van der Waals surface area (Å²) in [5.41, 5.74) is 4.59. The summed E-state index contributed by atoms with van der Waals surface area (Å²) in [7, 11) is 0. The third-order valence-electron chi connectivity index (χ3n) is 3.46. The lowest BCUT2D eigenvalue weighted by Crippen LogP contribution is -2.12. The smallest absolute Gasteiger partial charge is 0.255 e. The predicted molar refractivity (Wildman–Crippen MR) is 85.6 cm³/mol. The van der Waals surface area contributed by atoms with Gasteiger partial charge in [0.2, 0.25) is 0 Å². The van der Waals surface area contributed by atoms with E-state index < -0.39 is 0 Å². The van der Waals surface area contributed by atoms with Crippen LogP contribution in [0.4, 0.5) is 5.69 Å². The summed E-state index contributed by atoms with van der Waals surface area (Å²) in [6.45, 7) is 4.03. The van der Waals surface area contributed by atoms with E-state index in [1.165, 1.54) is 0 Å². The Balaban J connectivity index is 1.96. The summed E-state index contributed by atoms with van der Waals surface area (Å²) in [6.07, 6.45) is 1.71. The van der Waals surface area contributed by atoms with Crippen LogP contribution in [-0.4, -0.2) is 10.9 Å². The van der Waals surface area contributed by atoms with Crippen LogP contribution in [0.15, 0.2) is 54.7 Å². The summed E-state index contributed by atoms with van der Waals surface area (Å²) in [5.74, 6) is -0.107. The summed E-state index contributed by atoms with van der Waals surface area (Å²) in [4.78, 5) is 16.6. The van der Waals surface area contributed by atoms with E-state index in [1.54, 1.807) is 6.20 Å². The molecule has 21 heavy (non-hydrogen) atoms. The fraction of sp³-hybridized carbons (Fsp3) is 0.111. The van der Waals surface area contributed by atoms with Crippen LogP contribution in [-0.2, 0) is 0 Å². The molecule has 3 rings (SSSR count). The van der Waals surface area contributed by atoms with Gasteiger partial charge in [-0.05, 0) is 44.2 Å². The van der Waals surface area contributed by atoms with Crippen molar-refractivity contribution in [2.75, 3.05) is 5.32 Å². The van der Waals surface area contributed by atoms with E-state index in [0.717, 1.165) is 27.7 Å². The fourth-order valence-corrected chi connectivity index (χ4v) is 2.27. The number of nitrogens with zero attached hydrogens (tertiary/aromatic N) is 1. The maximum Gasteiger partial charge on any atom is 0.255 e. The first-order chi connectivity index (χ1) is 10.1. The second kappa shape index (κ2) is 5.37. The van der Waals surface area contributed by atoms with Gasteiger partial charge in [-0.15, -0.1) is 0 Å². The first-order valence-corrected chi connectivity index (χ1v) is 6.87. The van der Waals surface area contributed by atoms with Gasteiger partial charge in [0, 0.05) is 17.1 Å². The van der Waals surface area contributed by atoms with Crippen molar-refractivity contribution in [2.24, 2.45) is 0 Å². The van der Waals surface area contributed by atoms with Crippen LogP contribution in [0.25, 0.3) is 10.9 Å². The molecular weight excluding hydrogens is 260 g/mol. The van der Waals surface area contributed by atoms with Crippen molar-refractivity contribution < 1.29 is 4.79 Å². The van der Waals surface area contributed by atoms with Crippen molar-refractivity contribution in [1.82, 2.24) is 4.98 Å². The molecule has 0 aliphatic carbocycles. The van der Waals surface area contributed by atoms with Crippen molar-refractivity contribution in [3.8, 4) is 0 Å². The molecule has 0 saturated carbocycles. The highest BCUT2D eigenvalue weighted by Gasteiger charge is 2.08. The van der Waals surface area contributed by atoms with Crippen LogP contribution in [0.3, 0.4) is 0 Å². The first kappa shape index (κ1) is 13.3. The zero-order valence-corrected chi connectivity index (χ0v) is 12.1. The van der Waals surface area contributed by atoms with Crippen molar-refractivity contribution in [1.29, 1.82) is 0 Å². The Labute approximate surface area is 123 Å². The van der Waals surface area contributed by atoms with E-state index in [-0.39, 0.29) is 5.91 Å². The molecular formula is C18H16N2O. The number of aryl methyl sites for hydroxylation is 2. The van der Waals surface area contributed by atoms with E-state index in [4.69, 9.17) is 0 Å². The Morgan fingerprint density at radius 2 is 1.67 bits per heavy atom. The van der Waals surface area contributed by atoms with Gasteiger partial charge < -0.3 is 5.32 Å². The number of anilines is 1. The predicted octanol–water partition coefficient (Wildman–Crippen LogP) is 4.10. The molecule has 0 fully saturated rings. The van der Waals surface area contributed by atoms with Crippen LogP contribution < -0.4 is 5.32 Å². The lowest BCUT2D eigenvalue weighted by atomic mass is 10.1. The van der Waals surface area contributed by atoms with Crippen LogP contribution in [0.2, 0.25) is 0 Å². The molecule has 3 aromatic rings. The van der Waals surface area contributed by atoms with Gasteiger partial charge in [0.05, 0.1) is 11.2 Å². The van der Waals surface area contributed by atoms with E-state index in [0.29, 0.717) is 5.56 Å². The van der Waals surface area contributed by atoms with Gasteiger partial charge in [-0.3, -0.25) is 9.78 Å². The normalized spacial score (nSPS) is 10.6. The lowest BCUT2D eigenvalue weighted by molar-refractivity contribution is 0.102. The van der Waals surface area contributed by atoms with E-state index in [2.05, 4.69) is 10.3 Å². The molecule has 0 spiro atoms. The molecule has 1 aromatic heterocycles. The van der Waals surface area contributed by atoms with Crippen LogP contribution >= 0.6 is 0 Å². The van der Waals surface area contributed by atoms with Crippen LogP contribution in [0, 0.1) is 13.8 Å². The Hall–Kier alpha value is -2.68. The molecule has 0 aliphatic rings. The average Bonchev–Trinajstić information content (AvgIpc) is 2.48. The lowest BCUT2D eigenvalue weighted by Gasteiger charge is -2.09. The molecule has 0 radical (unpaired) electrons. The molecule has 0 saturated heterocycles. The first-order valence-electron chi connectivity index (χ1n) is 6.87. The van der Waals surface area contributed by atoms with Gasteiger partial charge in [0.25, 0.3) is 5.91 Å². The standard InChI is InChI=1S/C18H16N2O/c1-12-3-6-14(7-4-12)18(21)20-17-9-10-19-16-8-5-13(2)11-15(16)17/h3-11H,1-2H3,(H,19,20,21). The van der Waals surface area contributed by atoms with Crippen molar-refractivity contribution in [3.63, 3.8) is 0 Å². The number of pyridine rings is 1. The molecule has 3 heteroatoms. The van der Waals surface area contributed by atoms with Crippen molar-refractivity contribution >= 4 is 22.5 Å². The summed E-state index contributed by atoms with van der Waals surface area (Å²) < 4.78 is 0. The SMILES string of the molecule is Cc1ccc(C(=O)Nc2ccnc3ccc(C)cc23)cc1. The number of nitrogens with one attached hydrogen (secondary N) is 1. The minimum absolute atomic E-state index is 0.107. The number of amides is 1. The van der Waals surface area contributed by atoms with E-state index >= 15 is 0 Å². The third-order valence-corrected chi connectivity index (χ3v) is 3.46. The number of aromatic nitrogens is 1. The molecule has 0 unspecified atom stereocenters. The zero-order chi connectivity index (χ0) is 14.8. The topological polar surface area (TPSA) is 42.0 Å². The van der Waals surface area contributed by atoms with Crippen molar-refractivity contribution in [2.45, 2.75) is 13.8 Å². The van der Waals surface area contributed by atoms with Gasteiger partial charge >= 0.3 is 0 Å². The van der Waals surface area contributed by atoms with Crippen molar-refractivity contribution in [3.05, 3.63) is 71.4 Å². The molecule has 0 atom stereocenters. The van der Waals surface area contributed by atoms with Gasteiger partial charge in [-0.25, -0.2) is 0 Å². The molecule has 2 aromatic carbocycles. The Bertz CT molecular complexity index is 807. The molecule has 104 valence electrons. The second-order valence-corrected chi connectivity index (χ2v) is 5.20. The van der Waals surface area contributed by atoms with Gasteiger partial charge in [0.1, 0.15) is 0 Å². The third kappa shape index (κ3) is 2.77. The highest BCUT2D eigenvalue weighted by molar-refractivity contribution is 6.08. The largest absolute Gasteiger partial charge is 0.321 e. The highest BCUT2D eigenvalue weighted by Crippen LogP contribution is 2.23. The summed E-state index contributed by atoms with van der Waals surface area (Å²) >= 11 is 0. The number of carbonyl (C=O) groups is 1.